The summed E-state index contributed by atoms with van der Waals surface area (Å²) in [5.41, 5.74) is 5.30. The minimum absolute atomic E-state index is 0.564. The number of rotatable bonds is 5. The van der Waals surface area contributed by atoms with Crippen LogP contribution >= 0.6 is 0 Å². The Labute approximate surface area is 126 Å². The minimum Gasteiger partial charge on any atom is -0.381 e. The third-order valence-electron chi connectivity index (χ3n) is 3.26. The third-order valence-corrected chi connectivity index (χ3v) is 3.86. The molecule has 0 aliphatic heterocycles. The van der Waals surface area contributed by atoms with Crippen LogP contribution in [0, 0.1) is 13.8 Å². The number of anilines is 2. The van der Waals surface area contributed by atoms with Gasteiger partial charge in [0.1, 0.15) is 0 Å². The van der Waals surface area contributed by atoms with E-state index in [1.165, 1.54) is 16.7 Å². The van der Waals surface area contributed by atoms with Crippen molar-refractivity contribution in [2.24, 2.45) is 0 Å². The molecule has 0 aliphatic carbocycles. The molecule has 112 valence electrons. The van der Waals surface area contributed by atoms with Gasteiger partial charge in [-0.25, -0.2) is 8.42 Å². The number of nitrogens with one attached hydrogen (secondary N) is 2. The van der Waals surface area contributed by atoms with E-state index in [2.05, 4.69) is 42.1 Å². The topological polar surface area (TPSA) is 58.2 Å². The predicted molar refractivity (Wildman–Crippen MR) is 88.2 cm³/mol. The van der Waals surface area contributed by atoms with E-state index in [0.717, 1.165) is 18.5 Å². The Morgan fingerprint density at radius 3 is 2.10 bits per heavy atom. The van der Waals surface area contributed by atoms with Crippen molar-refractivity contribution in [3.63, 3.8) is 0 Å². The van der Waals surface area contributed by atoms with Crippen LogP contribution < -0.4 is 10.0 Å². The average Bonchev–Trinajstić information content (AvgIpc) is 2.40. The van der Waals surface area contributed by atoms with Crippen LogP contribution in [0.2, 0.25) is 0 Å². The highest BCUT2D eigenvalue weighted by atomic mass is 32.2. The van der Waals surface area contributed by atoms with E-state index < -0.39 is 10.0 Å². The standard InChI is InChI=1S/C16H20N2O2S/c1-12-4-5-14(10-13(12)2)11-17-15-6-8-16(9-7-15)18-21(3,19)20/h4-10,17-18H,11H2,1-3H3. The molecule has 0 unspecified atom stereocenters. The van der Waals surface area contributed by atoms with Crippen LogP contribution in [-0.2, 0) is 16.6 Å². The zero-order valence-corrected chi connectivity index (χ0v) is 13.3. The molecule has 0 atom stereocenters. The van der Waals surface area contributed by atoms with Gasteiger partial charge in [0.05, 0.1) is 6.26 Å². The van der Waals surface area contributed by atoms with Gasteiger partial charge in [-0.1, -0.05) is 18.2 Å². The maximum atomic E-state index is 11.1. The van der Waals surface area contributed by atoms with Crippen LogP contribution in [0.15, 0.2) is 42.5 Å². The van der Waals surface area contributed by atoms with Gasteiger partial charge in [0.25, 0.3) is 0 Å². The molecule has 0 saturated carbocycles. The van der Waals surface area contributed by atoms with Gasteiger partial charge in [0.15, 0.2) is 0 Å². The van der Waals surface area contributed by atoms with Crippen molar-refractivity contribution >= 4 is 21.4 Å². The lowest BCUT2D eigenvalue weighted by Gasteiger charge is -2.10. The Bertz CT molecular complexity index is 722. The van der Waals surface area contributed by atoms with Crippen LogP contribution in [0.3, 0.4) is 0 Å². The number of sulfonamides is 1. The molecule has 2 aromatic carbocycles. The maximum absolute atomic E-state index is 11.1. The van der Waals surface area contributed by atoms with Crippen LogP contribution in [0.1, 0.15) is 16.7 Å². The number of aryl methyl sites for hydroxylation is 2. The largest absolute Gasteiger partial charge is 0.381 e. The van der Waals surface area contributed by atoms with Gasteiger partial charge in [-0.05, 0) is 54.8 Å². The molecule has 0 aliphatic rings. The Morgan fingerprint density at radius 1 is 0.905 bits per heavy atom. The SMILES string of the molecule is Cc1ccc(CNc2ccc(NS(C)(=O)=O)cc2)cc1C. The molecular weight excluding hydrogens is 284 g/mol. The number of hydrogen-bond donors (Lipinski definition) is 2. The Morgan fingerprint density at radius 2 is 1.52 bits per heavy atom. The zero-order valence-electron chi connectivity index (χ0n) is 12.5. The van der Waals surface area contributed by atoms with E-state index in [1.807, 2.05) is 12.1 Å². The molecule has 0 radical (unpaired) electrons. The number of benzene rings is 2. The van der Waals surface area contributed by atoms with Gasteiger partial charge in [-0.2, -0.15) is 0 Å². The lowest BCUT2D eigenvalue weighted by molar-refractivity contribution is 0.607. The van der Waals surface area contributed by atoms with E-state index >= 15 is 0 Å². The second-order valence-corrected chi connectivity index (χ2v) is 6.97. The first-order chi connectivity index (χ1) is 9.83. The summed E-state index contributed by atoms with van der Waals surface area (Å²) in [6.07, 6.45) is 1.14. The average molecular weight is 304 g/mol. The van der Waals surface area contributed by atoms with Crippen molar-refractivity contribution in [2.75, 3.05) is 16.3 Å². The van der Waals surface area contributed by atoms with Crippen molar-refractivity contribution < 1.29 is 8.42 Å². The first kappa shape index (κ1) is 15.4. The highest BCUT2D eigenvalue weighted by Crippen LogP contribution is 2.16. The van der Waals surface area contributed by atoms with Gasteiger partial charge in [0.2, 0.25) is 10.0 Å². The highest BCUT2D eigenvalue weighted by Gasteiger charge is 2.02. The fourth-order valence-electron chi connectivity index (χ4n) is 1.99. The molecule has 2 aromatic rings. The van der Waals surface area contributed by atoms with E-state index in [4.69, 9.17) is 0 Å². The Hall–Kier alpha value is -2.01. The molecule has 0 aromatic heterocycles. The molecule has 0 heterocycles. The summed E-state index contributed by atoms with van der Waals surface area (Å²) >= 11 is 0. The quantitative estimate of drug-likeness (QED) is 0.891. The Balaban J connectivity index is 1.99. The number of hydrogen-bond acceptors (Lipinski definition) is 3. The van der Waals surface area contributed by atoms with Gasteiger partial charge in [0, 0.05) is 17.9 Å². The predicted octanol–water partition coefficient (Wildman–Crippen LogP) is 3.29. The normalized spacial score (nSPS) is 11.2. The van der Waals surface area contributed by atoms with Crippen molar-refractivity contribution in [1.29, 1.82) is 0 Å². The van der Waals surface area contributed by atoms with Crippen molar-refractivity contribution in [1.82, 2.24) is 0 Å². The highest BCUT2D eigenvalue weighted by molar-refractivity contribution is 7.92. The molecule has 0 saturated heterocycles. The summed E-state index contributed by atoms with van der Waals surface area (Å²) in [6, 6.07) is 13.6. The molecule has 0 fully saturated rings. The van der Waals surface area contributed by atoms with Gasteiger partial charge in [-0.3, -0.25) is 4.72 Å². The van der Waals surface area contributed by atoms with E-state index in [1.54, 1.807) is 12.1 Å². The molecular formula is C16H20N2O2S. The van der Waals surface area contributed by atoms with Crippen LogP contribution in [0.4, 0.5) is 11.4 Å². The van der Waals surface area contributed by atoms with Crippen LogP contribution in [0.25, 0.3) is 0 Å². The van der Waals surface area contributed by atoms with E-state index in [-0.39, 0.29) is 0 Å². The van der Waals surface area contributed by atoms with Gasteiger partial charge >= 0.3 is 0 Å². The molecule has 21 heavy (non-hydrogen) atoms. The summed E-state index contributed by atoms with van der Waals surface area (Å²) < 4.78 is 24.7. The van der Waals surface area contributed by atoms with E-state index in [0.29, 0.717) is 5.69 Å². The molecule has 4 nitrogen and oxygen atoms in total. The van der Waals surface area contributed by atoms with Crippen LogP contribution in [-0.4, -0.2) is 14.7 Å². The third kappa shape index (κ3) is 4.79. The van der Waals surface area contributed by atoms with Crippen molar-refractivity contribution in [3.8, 4) is 0 Å². The lowest BCUT2D eigenvalue weighted by atomic mass is 10.1. The first-order valence-electron chi connectivity index (χ1n) is 6.71. The fraction of sp³-hybridized carbons (Fsp3) is 0.250. The maximum Gasteiger partial charge on any atom is 0.229 e. The van der Waals surface area contributed by atoms with Crippen molar-refractivity contribution in [2.45, 2.75) is 20.4 Å². The van der Waals surface area contributed by atoms with Crippen molar-refractivity contribution in [3.05, 3.63) is 59.2 Å². The molecule has 0 spiro atoms. The fourth-order valence-corrected chi connectivity index (χ4v) is 2.55. The summed E-state index contributed by atoms with van der Waals surface area (Å²) in [5.74, 6) is 0. The lowest BCUT2D eigenvalue weighted by Crippen LogP contribution is -2.09. The smallest absolute Gasteiger partial charge is 0.229 e. The molecule has 0 bridgehead atoms. The van der Waals surface area contributed by atoms with Gasteiger partial charge in [-0.15, -0.1) is 0 Å². The summed E-state index contributed by atoms with van der Waals surface area (Å²) in [4.78, 5) is 0. The second kappa shape index (κ2) is 6.18. The molecule has 2 rings (SSSR count). The van der Waals surface area contributed by atoms with E-state index in [9.17, 15) is 8.42 Å². The summed E-state index contributed by atoms with van der Waals surface area (Å²) in [5, 5.41) is 3.32. The molecule has 0 amide bonds. The summed E-state index contributed by atoms with van der Waals surface area (Å²) in [7, 11) is -3.22. The second-order valence-electron chi connectivity index (χ2n) is 5.22. The van der Waals surface area contributed by atoms with Crippen LogP contribution in [0.5, 0.6) is 0 Å². The Kier molecular flexibility index (Phi) is 4.53. The monoisotopic (exact) mass is 304 g/mol. The molecule has 2 N–H and O–H groups in total. The first-order valence-corrected chi connectivity index (χ1v) is 8.60. The summed E-state index contributed by atoms with van der Waals surface area (Å²) in [6.45, 7) is 4.94. The minimum atomic E-state index is -3.22. The van der Waals surface area contributed by atoms with Gasteiger partial charge < -0.3 is 5.32 Å². The zero-order chi connectivity index (χ0) is 15.5. The molecule has 5 heteroatoms.